The lowest BCUT2D eigenvalue weighted by Gasteiger charge is -2.34. The maximum atomic E-state index is 12.7. The summed E-state index contributed by atoms with van der Waals surface area (Å²) in [5.41, 5.74) is 2.12. The highest BCUT2D eigenvalue weighted by Crippen LogP contribution is 2.29. The normalized spacial score (nSPS) is 14.8. The third kappa shape index (κ3) is 3.09. The Labute approximate surface area is 146 Å². The largest absolute Gasteiger partial charge is 0.495 e. The van der Waals surface area contributed by atoms with Crippen molar-refractivity contribution in [2.24, 2.45) is 0 Å². The molecule has 1 aromatic heterocycles. The van der Waals surface area contributed by atoms with Gasteiger partial charge in [0, 0.05) is 25.3 Å². The van der Waals surface area contributed by atoms with Crippen molar-refractivity contribution in [1.82, 2.24) is 14.7 Å². The summed E-state index contributed by atoms with van der Waals surface area (Å²) in [7, 11) is 1.58. The summed E-state index contributed by atoms with van der Waals surface area (Å²) < 4.78 is 7.11. The van der Waals surface area contributed by atoms with E-state index in [4.69, 9.17) is 4.74 Å². The fourth-order valence-corrected chi connectivity index (χ4v) is 3.10. The number of ether oxygens (including phenoxy) is 1. The second-order valence-corrected chi connectivity index (χ2v) is 5.90. The van der Waals surface area contributed by atoms with E-state index >= 15 is 0 Å². The van der Waals surface area contributed by atoms with Crippen LogP contribution < -0.4 is 9.64 Å². The van der Waals surface area contributed by atoms with Crippen LogP contribution in [-0.4, -0.2) is 53.2 Å². The van der Waals surface area contributed by atoms with Gasteiger partial charge in [-0.05, 0) is 26.0 Å². The summed E-state index contributed by atoms with van der Waals surface area (Å²) in [5, 5.41) is 4.21. The lowest BCUT2D eigenvalue weighted by molar-refractivity contribution is -0.120. The number of rotatable bonds is 4. The van der Waals surface area contributed by atoms with Crippen molar-refractivity contribution in [1.29, 1.82) is 0 Å². The van der Waals surface area contributed by atoms with E-state index in [0.717, 1.165) is 11.4 Å². The predicted octanol–water partition coefficient (Wildman–Crippen LogP) is 1.71. The first-order chi connectivity index (χ1) is 12.1. The number of carbonyl (C=O) groups is 2. The topological polar surface area (TPSA) is 67.7 Å². The van der Waals surface area contributed by atoms with Crippen LogP contribution in [0.4, 0.5) is 5.69 Å². The Kier molecular flexibility index (Phi) is 4.74. The van der Waals surface area contributed by atoms with Gasteiger partial charge in [-0.15, -0.1) is 0 Å². The number of anilines is 1. The molecule has 0 N–H and O–H groups in total. The summed E-state index contributed by atoms with van der Waals surface area (Å²) in [6.45, 7) is 5.51. The number of hydrogen-bond acceptors (Lipinski definition) is 4. The van der Waals surface area contributed by atoms with E-state index in [0.29, 0.717) is 30.9 Å². The van der Waals surface area contributed by atoms with Crippen molar-refractivity contribution in [2.45, 2.75) is 20.4 Å². The molecule has 7 nitrogen and oxygen atoms in total. The number of benzene rings is 1. The highest BCUT2D eigenvalue weighted by molar-refractivity contribution is 6.02. The van der Waals surface area contributed by atoms with Crippen molar-refractivity contribution >= 4 is 17.5 Å². The molecule has 0 saturated carbocycles. The Bertz CT molecular complexity index is 799. The standard InChI is InChI=1S/C18H22N4O3/c1-4-22-13(2)14(11-19-22)18(24)20-9-10-21(17(23)12-20)15-7-5-6-8-16(15)25-3/h5-8,11H,4,9-10,12H2,1-3H3. The van der Waals surface area contributed by atoms with Crippen LogP contribution in [0.1, 0.15) is 23.0 Å². The lowest BCUT2D eigenvalue weighted by atomic mass is 10.2. The highest BCUT2D eigenvalue weighted by Gasteiger charge is 2.31. The zero-order valence-corrected chi connectivity index (χ0v) is 14.7. The van der Waals surface area contributed by atoms with Gasteiger partial charge < -0.3 is 14.5 Å². The molecule has 0 atom stereocenters. The fourth-order valence-electron chi connectivity index (χ4n) is 3.10. The molecule has 25 heavy (non-hydrogen) atoms. The molecular formula is C18H22N4O3. The van der Waals surface area contributed by atoms with Crippen LogP contribution in [0.5, 0.6) is 5.75 Å². The number of piperazine rings is 1. The van der Waals surface area contributed by atoms with Gasteiger partial charge in [-0.25, -0.2) is 0 Å². The van der Waals surface area contributed by atoms with Crippen LogP contribution in [0.2, 0.25) is 0 Å². The van der Waals surface area contributed by atoms with Crippen molar-refractivity contribution in [3.8, 4) is 5.75 Å². The van der Waals surface area contributed by atoms with Crippen LogP contribution in [0, 0.1) is 6.92 Å². The van der Waals surface area contributed by atoms with Crippen LogP contribution in [0.3, 0.4) is 0 Å². The Hall–Kier alpha value is -2.83. The third-order valence-corrected chi connectivity index (χ3v) is 4.52. The summed E-state index contributed by atoms with van der Waals surface area (Å²) >= 11 is 0. The number of hydrogen-bond donors (Lipinski definition) is 0. The van der Waals surface area contributed by atoms with Gasteiger partial charge in [0.2, 0.25) is 5.91 Å². The molecule has 0 bridgehead atoms. The average molecular weight is 342 g/mol. The van der Waals surface area contributed by atoms with E-state index in [1.807, 2.05) is 38.1 Å². The van der Waals surface area contributed by atoms with Crippen LogP contribution in [0.25, 0.3) is 0 Å². The van der Waals surface area contributed by atoms with Gasteiger partial charge in [-0.2, -0.15) is 5.10 Å². The minimum absolute atomic E-state index is 0.0492. The van der Waals surface area contributed by atoms with Crippen LogP contribution >= 0.6 is 0 Å². The second kappa shape index (κ2) is 6.96. The SMILES string of the molecule is CCn1ncc(C(=O)N2CCN(c3ccccc3OC)C(=O)C2)c1C. The molecule has 2 amide bonds. The van der Waals surface area contributed by atoms with E-state index in [-0.39, 0.29) is 18.4 Å². The maximum Gasteiger partial charge on any atom is 0.257 e. The number of amides is 2. The molecule has 7 heteroatoms. The van der Waals surface area contributed by atoms with Crippen molar-refractivity contribution < 1.29 is 14.3 Å². The Morgan fingerprint density at radius 2 is 2.04 bits per heavy atom. The van der Waals surface area contributed by atoms with E-state index in [1.165, 1.54) is 0 Å². The van der Waals surface area contributed by atoms with Gasteiger partial charge in [-0.3, -0.25) is 14.3 Å². The molecule has 0 radical (unpaired) electrons. The smallest absolute Gasteiger partial charge is 0.257 e. The van der Waals surface area contributed by atoms with E-state index in [9.17, 15) is 9.59 Å². The number of aryl methyl sites for hydroxylation is 1. The second-order valence-electron chi connectivity index (χ2n) is 5.90. The fraction of sp³-hybridized carbons (Fsp3) is 0.389. The maximum absolute atomic E-state index is 12.7. The van der Waals surface area contributed by atoms with Crippen molar-refractivity contribution in [3.05, 3.63) is 41.7 Å². The Balaban J connectivity index is 1.76. The summed E-state index contributed by atoms with van der Waals surface area (Å²) in [5.74, 6) is 0.380. The van der Waals surface area contributed by atoms with Crippen LogP contribution in [-0.2, 0) is 11.3 Å². The lowest BCUT2D eigenvalue weighted by Crippen LogP contribution is -2.52. The predicted molar refractivity (Wildman–Crippen MR) is 93.9 cm³/mol. The summed E-state index contributed by atoms with van der Waals surface area (Å²) in [6.07, 6.45) is 1.58. The van der Waals surface area contributed by atoms with Gasteiger partial charge in [0.1, 0.15) is 12.3 Å². The summed E-state index contributed by atoms with van der Waals surface area (Å²) in [4.78, 5) is 28.6. The number of carbonyl (C=O) groups excluding carboxylic acids is 2. The van der Waals surface area contributed by atoms with E-state index in [2.05, 4.69) is 5.10 Å². The van der Waals surface area contributed by atoms with Gasteiger partial charge in [0.05, 0.1) is 24.6 Å². The average Bonchev–Trinajstić information content (AvgIpc) is 3.01. The first-order valence-corrected chi connectivity index (χ1v) is 8.31. The van der Waals surface area contributed by atoms with Gasteiger partial charge in [0.15, 0.2) is 0 Å². The first kappa shape index (κ1) is 17.0. The number of nitrogens with zero attached hydrogens (tertiary/aromatic N) is 4. The molecule has 1 saturated heterocycles. The zero-order valence-electron chi connectivity index (χ0n) is 14.7. The molecule has 1 aliphatic rings. The van der Waals surface area contributed by atoms with E-state index in [1.54, 1.807) is 27.8 Å². The molecule has 1 fully saturated rings. The highest BCUT2D eigenvalue weighted by atomic mass is 16.5. The van der Waals surface area contributed by atoms with Gasteiger partial charge >= 0.3 is 0 Å². The number of para-hydroxylation sites is 2. The Morgan fingerprint density at radius 3 is 2.68 bits per heavy atom. The Morgan fingerprint density at radius 1 is 1.28 bits per heavy atom. The van der Waals surface area contributed by atoms with Gasteiger partial charge in [0.25, 0.3) is 5.91 Å². The minimum Gasteiger partial charge on any atom is -0.495 e. The molecular weight excluding hydrogens is 320 g/mol. The van der Waals surface area contributed by atoms with Crippen molar-refractivity contribution in [3.63, 3.8) is 0 Å². The summed E-state index contributed by atoms with van der Waals surface area (Å²) in [6, 6.07) is 7.40. The molecule has 3 rings (SSSR count). The molecule has 1 aromatic carbocycles. The number of methoxy groups -OCH3 is 1. The van der Waals surface area contributed by atoms with E-state index < -0.39 is 0 Å². The molecule has 2 aromatic rings. The third-order valence-electron chi connectivity index (χ3n) is 4.52. The van der Waals surface area contributed by atoms with Gasteiger partial charge in [-0.1, -0.05) is 12.1 Å². The van der Waals surface area contributed by atoms with Crippen molar-refractivity contribution in [2.75, 3.05) is 31.6 Å². The quantitative estimate of drug-likeness (QED) is 0.848. The van der Waals surface area contributed by atoms with Crippen LogP contribution in [0.15, 0.2) is 30.5 Å². The zero-order chi connectivity index (χ0) is 18.0. The molecule has 1 aliphatic heterocycles. The number of aromatic nitrogens is 2. The molecule has 0 spiro atoms. The molecule has 0 unspecified atom stereocenters. The molecule has 2 heterocycles. The molecule has 0 aliphatic carbocycles. The monoisotopic (exact) mass is 342 g/mol. The first-order valence-electron chi connectivity index (χ1n) is 8.31. The minimum atomic E-state index is -0.148. The molecule has 132 valence electrons.